The molecule has 2 heterocycles. The average Bonchev–Trinajstić information content (AvgIpc) is 3.08. The zero-order valence-electron chi connectivity index (χ0n) is 14.9. The van der Waals surface area contributed by atoms with Crippen LogP contribution in [0.25, 0.3) is 21.9 Å². The van der Waals surface area contributed by atoms with Crippen molar-refractivity contribution in [2.45, 2.75) is 19.8 Å². The van der Waals surface area contributed by atoms with Crippen molar-refractivity contribution in [3.8, 4) is 0 Å². The molecule has 0 atom stereocenters. The van der Waals surface area contributed by atoms with Crippen LogP contribution in [0.15, 0.2) is 63.9 Å². The number of hydrogen-bond donors (Lipinski definition) is 2. The summed E-state index contributed by atoms with van der Waals surface area (Å²) in [6.45, 7) is 1.84. The van der Waals surface area contributed by atoms with Crippen LogP contribution >= 0.6 is 0 Å². The molecule has 2 aromatic carbocycles. The lowest BCUT2D eigenvalue weighted by atomic mass is 10.1. The summed E-state index contributed by atoms with van der Waals surface area (Å²) in [6.07, 6.45) is 2.78. The van der Waals surface area contributed by atoms with Gasteiger partial charge in [0.15, 0.2) is 0 Å². The first kappa shape index (κ1) is 17.1. The molecule has 0 aliphatic carbocycles. The van der Waals surface area contributed by atoms with Crippen molar-refractivity contribution in [3.05, 3.63) is 76.3 Å². The zero-order valence-corrected chi connectivity index (χ0v) is 14.9. The number of carbonyl (C=O) groups excluding carboxylic acids is 1. The quantitative estimate of drug-likeness (QED) is 0.252. The predicted octanol–water partition coefficient (Wildman–Crippen LogP) is 3.42. The van der Waals surface area contributed by atoms with Crippen LogP contribution in [0.3, 0.4) is 0 Å². The lowest BCUT2D eigenvalue weighted by molar-refractivity contribution is -0.118. The van der Waals surface area contributed by atoms with Gasteiger partial charge in [-0.05, 0) is 42.7 Å². The molecular weight excluding hydrogens is 342 g/mol. The number of nitrogens with one attached hydrogen (secondary N) is 1. The van der Waals surface area contributed by atoms with Gasteiger partial charge in [0.05, 0.1) is 5.69 Å². The Bertz CT molecular complexity index is 1210. The van der Waals surface area contributed by atoms with E-state index in [1.165, 1.54) is 6.07 Å². The molecule has 0 saturated heterocycles. The van der Waals surface area contributed by atoms with E-state index in [1.54, 1.807) is 18.2 Å². The van der Waals surface area contributed by atoms with Gasteiger partial charge < -0.3 is 9.40 Å². The largest absolute Gasteiger partial charge is 0.423 e. The van der Waals surface area contributed by atoms with Gasteiger partial charge in [-0.3, -0.25) is 4.79 Å². The highest BCUT2D eigenvalue weighted by atomic mass is 16.4. The summed E-state index contributed by atoms with van der Waals surface area (Å²) in [5.74, 6) is 5.80. The maximum atomic E-state index is 12.5. The predicted molar refractivity (Wildman–Crippen MR) is 106 cm³/mol. The number of aromatic nitrogens is 1. The molecule has 3 N–H and O–H groups in total. The van der Waals surface area contributed by atoms with Crippen LogP contribution in [0.1, 0.15) is 17.5 Å². The Morgan fingerprint density at radius 1 is 1.15 bits per heavy atom. The van der Waals surface area contributed by atoms with Crippen LogP contribution < -0.4 is 16.5 Å². The Labute approximate surface area is 155 Å². The number of aryl methyl sites for hydroxylation is 2. The Morgan fingerprint density at radius 2 is 1.96 bits per heavy atom. The fourth-order valence-corrected chi connectivity index (χ4v) is 3.31. The third kappa shape index (κ3) is 3.22. The molecule has 0 aliphatic rings. The van der Waals surface area contributed by atoms with Gasteiger partial charge in [-0.1, -0.05) is 18.2 Å². The molecule has 0 unspecified atom stereocenters. The topological polar surface area (TPSA) is 92.3 Å². The summed E-state index contributed by atoms with van der Waals surface area (Å²) in [5, 5.41) is 3.03. The number of hydrazine groups is 1. The third-order valence-electron chi connectivity index (χ3n) is 4.76. The number of hydrogen-bond acceptors (Lipinski definition) is 4. The van der Waals surface area contributed by atoms with Crippen LogP contribution in [0.2, 0.25) is 0 Å². The molecule has 136 valence electrons. The average molecular weight is 361 g/mol. The van der Waals surface area contributed by atoms with Crippen LogP contribution in [0.4, 0.5) is 5.69 Å². The first-order valence-corrected chi connectivity index (χ1v) is 8.70. The van der Waals surface area contributed by atoms with Crippen molar-refractivity contribution in [1.29, 1.82) is 0 Å². The molecule has 0 radical (unpaired) electrons. The second-order valence-electron chi connectivity index (χ2n) is 6.55. The van der Waals surface area contributed by atoms with Gasteiger partial charge in [-0.15, -0.1) is 0 Å². The van der Waals surface area contributed by atoms with Crippen molar-refractivity contribution in [3.63, 3.8) is 0 Å². The van der Waals surface area contributed by atoms with Crippen LogP contribution in [-0.4, -0.2) is 10.9 Å². The number of amides is 1. The van der Waals surface area contributed by atoms with E-state index >= 15 is 0 Å². The summed E-state index contributed by atoms with van der Waals surface area (Å²) in [6, 6.07) is 14.6. The molecule has 0 bridgehead atoms. The molecule has 6 nitrogen and oxygen atoms in total. The van der Waals surface area contributed by atoms with Gasteiger partial charge in [0.2, 0.25) is 5.91 Å². The number of carbonyl (C=O) groups is 1. The van der Waals surface area contributed by atoms with E-state index in [2.05, 4.69) is 4.98 Å². The highest BCUT2D eigenvalue weighted by Crippen LogP contribution is 2.23. The van der Waals surface area contributed by atoms with Crippen molar-refractivity contribution in [2.24, 2.45) is 5.84 Å². The molecule has 6 heteroatoms. The summed E-state index contributed by atoms with van der Waals surface area (Å²) < 4.78 is 5.23. The zero-order chi connectivity index (χ0) is 19.0. The maximum Gasteiger partial charge on any atom is 0.336 e. The van der Waals surface area contributed by atoms with E-state index < -0.39 is 5.63 Å². The van der Waals surface area contributed by atoms with Gasteiger partial charge in [0.25, 0.3) is 0 Å². The minimum absolute atomic E-state index is 0.213. The number of fused-ring (bicyclic) bond motifs is 2. The maximum absolute atomic E-state index is 12.5. The van der Waals surface area contributed by atoms with E-state index in [0.717, 1.165) is 32.4 Å². The fourth-order valence-electron chi connectivity index (χ4n) is 3.31. The SMILES string of the molecule is Cc1cc(=O)oc2cc(N(N)C(=O)CCc3c[nH]c4ccccc34)ccc12. The highest BCUT2D eigenvalue weighted by Gasteiger charge is 2.15. The molecular formula is C21H19N3O3. The minimum Gasteiger partial charge on any atom is -0.423 e. The number of aromatic amines is 1. The molecule has 0 spiro atoms. The fraction of sp³-hybridized carbons (Fsp3) is 0.143. The van der Waals surface area contributed by atoms with Crippen molar-refractivity contribution < 1.29 is 9.21 Å². The Balaban J connectivity index is 1.53. The second kappa shape index (κ2) is 6.74. The number of benzene rings is 2. The summed E-state index contributed by atoms with van der Waals surface area (Å²) in [4.78, 5) is 27.3. The first-order valence-electron chi connectivity index (χ1n) is 8.70. The van der Waals surface area contributed by atoms with Crippen molar-refractivity contribution in [2.75, 3.05) is 5.01 Å². The van der Waals surface area contributed by atoms with Gasteiger partial charge in [0, 0.05) is 41.0 Å². The van der Waals surface area contributed by atoms with Crippen molar-refractivity contribution >= 4 is 33.5 Å². The van der Waals surface area contributed by atoms with Gasteiger partial charge in [0.1, 0.15) is 5.58 Å². The molecule has 4 aromatic rings. The normalized spacial score (nSPS) is 11.2. The lowest BCUT2D eigenvalue weighted by Crippen LogP contribution is -2.37. The molecule has 0 fully saturated rings. The second-order valence-corrected chi connectivity index (χ2v) is 6.55. The van der Waals surface area contributed by atoms with Crippen LogP contribution in [0, 0.1) is 6.92 Å². The number of para-hydroxylation sites is 1. The van der Waals surface area contributed by atoms with E-state index in [0.29, 0.717) is 17.7 Å². The van der Waals surface area contributed by atoms with Gasteiger partial charge >= 0.3 is 5.63 Å². The monoisotopic (exact) mass is 361 g/mol. The Morgan fingerprint density at radius 3 is 2.81 bits per heavy atom. The third-order valence-corrected chi connectivity index (χ3v) is 4.76. The lowest BCUT2D eigenvalue weighted by Gasteiger charge is -2.17. The smallest absolute Gasteiger partial charge is 0.336 e. The van der Waals surface area contributed by atoms with E-state index in [1.807, 2.05) is 37.4 Å². The summed E-state index contributed by atoms with van der Waals surface area (Å²) in [7, 11) is 0. The summed E-state index contributed by atoms with van der Waals surface area (Å²) in [5.41, 5.74) is 3.42. The van der Waals surface area contributed by atoms with E-state index in [9.17, 15) is 9.59 Å². The highest BCUT2D eigenvalue weighted by molar-refractivity contribution is 5.95. The molecule has 0 saturated carbocycles. The number of anilines is 1. The molecule has 4 rings (SSSR count). The van der Waals surface area contributed by atoms with Gasteiger partial charge in [-0.2, -0.15) is 0 Å². The first-order chi connectivity index (χ1) is 13.0. The van der Waals surface area contributed by atoms with E-state index in [4.69, 9.17) is 10.3 Å². The number of H-pyrrole nitrogens is 1. The van der Waals surface area contributed by atoms with Crippen LogP contribution in [0.5, 0.6) is 0 Å². The molecule has 1 amide bonds. The van der Waals surface area contributed by atoms with Crippen molar-refractivity contribution in [1.82, 2.24) is 4.98 Å². The molecule has 2 aromatic heterocycles. The Kier molecular flexibility index (Phi) is 4.25. The van der Waals surface area contributed by atoms with Gasteiger partial charge in [-0.25, -0.2) is 15.6 Å². The standard InChI is InChI=1S/C21H19N3O3/c1-13-10-21(26)27-19-11-15(7-8-16(13)19)24(22)20(25)9-6-14-12-23-18-5-3-2-4-17(14)18/h2-5,7-8,10-12,23H,6,9,22H2,1H3. The Hall–Kier alpha value is -3.38. The molecule has 27 heavy (non-hydrogen) atoms. The summed E-state index contributed by atoms with van der Waals surface area (Å²) >= 11 is 0. The number of rotatable bonds is 4. The number of nitrogens with zero attached hydrogens (tertiary/aromatic N) is 1. The molecule has 0 aliphatic heterocycles. The number of nitrogens with two attached hydrogens (primary N) is 1. The minimum atomic E-state index is -0.425. The van der Waals surface area contributed by atoms with Crippen LogP contribution in [-0.2, 0) is 11.2 Å². The van der Waals surface area contributed by atoms with E-state index in [-0.39, 0.29) is 12.3 Å².